The van der Waals surface area contributed by atoms with Crippen LogP contribution in [0.1, 0.15) is 5.56 Å². The molecule has 0 N–H and O–H groups in total. The largest absolute Gasteiger partial charge is 0.496 e. The Bertz CT molecular complexity index is 422. The number of benzene rings is 1. The predicted octanol–water partition coefficient (Wildman–Crippen LogP) is 1.52. The molecule has 0 saturated carbocycles. The maximum atomic E-state index is 11.7. The Balaban J connectivity index is 2.06. The van der Waals surface area contributed by atoms with Crippen molar-refractivity contribution in [2.45, 2.75) is 0 Å². The molecule has 4 nitrogen and oxygen atoms in total. The second-order valence-corrected chi connectivity index (χ2v) is 3.71. The predicted molar refractivity (Wildman–Crippen MR) is 64.6 cm³/mol. The van der Waals surface area contributed by atoms with Crippen molar-refractivity contribution < 1.29 is 14.3 Å². The van der Waals surface area contributed by atoms with Gasteiger partial charge < -0.3 is 14.4 Å². The molecule has 1 fully saturated rings. The number of hydrogen-bond acceptors (Lipinski definition) is 3. The van der Waals surface area contributed by atoms with Gasteiger partial charge in [-0.3, -0.25) is 4.79 Å². The minimum Gasteiger partial charge on any atom is -0.496 e. The lowest BCUT2D eigenvalue weighted by atomic mass is 10.2. The molecule has 1 aromatic rings. The van der Waals surface area contributed by atoms with Crippen molar-refractivity contribution in [1.82, 2.24) is 4.90 Å². The molecule has 0 spiro atoms. The normalized spacial score (nSPS) is 15.5. The number of hydrogen-bond donors (Lipinski definition) is 0. The second-order valence-electron chi connectivity index (χ2n) is 3.71. The number of carbonyl (C=O) groups excluding carboxylic acids is 1. The lowest BCUT2D eigenvalue weighted by Gasteiger charge is -2.10. The summed E-state index contributed by atoms with van der Waals surface area (Å²) in [4.78, 5) is 13.4. The number of nitrogens with zero attached hydrogens (tertiary/aromatic N) is 1. The van der Waals surface area contributed by atoms with Crippen molar-refractivity contribution in [3.63, 3.8) is 0 Å². The molecular weight excluding hydrogens is 218 g/mol. The van der Waals surface area contributed by atoms with E-state index < -0.39 is 0 Å². The highest BCUT2D eigenvalue weighted by Gasteiger charge is 2.15. The quantitative estimate of drug-likeness (QED) is 0.743. The molecule has 1 heterocycles. The minimum atomic E-state index is -0.0339. The standard InChI is InChI=1S/C13H15NO3/c1-16-12-5-3-2-4-11(12)6-7-13(15)14-8-9-17-10-14/h2-7H,8-10H2,1H3. The summed E-state index contributed by atoms with van der Waals surface area (Å²) in [7, 11) is 1.61. The van der Waals surface area contributed by atoms with Crippen LogP contribution in [0.5, 0.6) is 5.75 Å². The van der Waals surface area contributed by atoms with Crippen molar-refractivity contribution in [1.29, 1.82) is 0 Å². The van der Waals surface area contributed by atoms with Crippen molar-refractivity contribution in [2.24, 2.45) is 0 Å². The van der Waals surface area contributed by atoms with Crippen LogP contribution in [0.15, 0.2) is 30.3 Å². The summed E-state index contributed by atoms with van der Waals surface area (Å²) >= 11 is 0. The summed E-state index contributed by atoms with van der Waals surface area (Å²) in [5.74, 6) is 0.725. The summed E-state index contributed by atoms with van der Waals surface area (Å²) in [6.45, 7) is 1.67. The molecular formula is C13H15NO3. The third-order valence-corrected chi connectivity index (χ3v) is 2.61. The highest BCUT2D eigenvalue weighted by Crippen LogP contribution is 2.18. The molecule has 0 aromatic heterocycles. The maximum Gasteiger partial charge on any atom is 0.248 e. The first-order chi connectivity index (χ1) is 8.31. The number of rotatable bonds is 3. The van der Waals surface area contributed by atoms with Gasteiger partial charge in [0.2, 0.25) is 5.91 Å². The molecule has 0 bridgehead atoms. The van der Waals surface area contributed by atoms with Gasteiger partial charge in [0.15, 0.2) is 0 Å². The first-order valence-corrected chi connectivity index (χ1v) is 5.49. The van der Waals surface area contributed by atoms with Gasteiger partial charge >= 0.3 is 0 Å². The monoisotopic (exact) mass is 233 g/mol. The van der Waals surface area contributed by atoms with Gasteiger partial charge in [-0.2, -0.15) is 0 Å². The Morgan fingerprint density at radius 3 is 3.00 bits per heavy atom. The zero-order chi connectivity index (χ0) is 12.1. The summed E-state index contributed by atoms with van der Waals surface area (Å²) in [6, 6.07) is 7.57. The topological polar surface area (TPSA) is 38.8 Å². The van der Waals surface area contributed by atoms with Crippen molar-refractivity contribution in [3.05, 3.63) is 35.9 Å². The number of amides is 1. The van der Waals surface area contributed by atoms with Crippen LogP contribution in [-0.4, -0.2) is 37.8 Å². The van der Waals surface area contributed by atoms with E-state index in [0.29, 0.717) is 19.9 Å². The lowest BCUT2D eigenvalue weighted by molar-refractivity contribution is -0.126. The van der Waals surface area contributed by atoms with E-state index in [1.165, 1.54) is 0 Å². The number of para-hydroxylation sites is 1. The van der Waals surface area contributed by atoms with Gasteiger partial charge in [-0.05, 0) is 12.1 Å². The van der Waals surface area contributed by atoms with E-state index in [0.717, 1.165) is 11.3 Å². The van der Waals surface area contributed by atoms with Gasteiger partial charge in [0.05, 0.1) is 13.7 Å². The van der Waals surface area contributed by atoms with Gasteiger partial charge in [-0.25, -0.2) is 0 Å². The zero-order valence-corrected chi connectivity index (χ0v) is 9.76. The summed E-state index contributed by atoms with van der Waals surface area (Å²) in [6.07, 6.45) is 3.31. The number of carbonyl (C=O) groups is 1. The molecule has 0 radical (unpaired) electrons. The Hall–Kier alpha value is -1.81. The van der Waals surface area contributed by atoms with Gasteiger partial charge in [0, 0.05) is 18.2 Å². The second kappa shape index (κ2) is 5.50. The van der Waals surface area contributed by atoms with E-state index in [9.17, 15) is 4.79 Å². The van der Waals surface area contributed by atoms with E-state index >= 15 is 0 Å². The fraction of sp³-hybridized carbons (Fsp3) is 0.308. The van der Waals surface area contributed by atoms with Crippen LogP contribution in [0.25, 0.3) is 6.08 Å². The molecule has 4 heteroatoms. The maximum absolute atomic E-state index is 11.7. The van der Waals surface area contributed by atoms with Gasteiger partial charge in [-0.15, -0.1) is 0 Å². The molecule has 0 atom stereocenters. The SMILES string of the molecule is COc1ccccc1C=CC(=O)N1CCOC1. The number of methoxy groups -OCH3 is 1. The third-order valence-electron chi connectivity index (χ3n) is 2.61. The molecule has 1 aliphatic rings. The molecule has 1 aromatic carbocycles. The highest BCUT2D eigenvalue weighted by molar-refractivity contribution is 5.92. The highest BCUT2D eigenvalue weighted by atomic mass is 16.5. The van der Waals surface area contributed by atoms with E-state index in [1.807, 2.05) is 24.3 Å². The van der Waals surface area contributed by atoms with Crippen molar-refractivity contribution in [2.75, 3.05) is 27.0 Å². The fourth-order valence-electron chi connectivity index (χ4n) is 1.66. The van der Waals surface area contributed by atoms with Gasteiger partial charge in [-0.1, -0.05) is 18.2 Å². The molecule has 1 amide bonds. The average Bonchev–Trinajstić information content (AvgIpc) is 2.90. The first kappa shape index (κ1) is 11.7. The van der Waals surface area contributed by atoms with Crippen molar-refractivity contribution in [3.8, 4) is 5.75 Å². The summed E-state index contributed by atoms with van der Waals surface area (Å²) in [5, 5.41) is 0. The van der Waals surface area contributed by atoms with E-state index in [1.54, 1.807) is 24.2 Å². The van der Waals surface area contributed by atoms with Crippen molar-refractivity contribution >= 4 is 12.0 Å². The molecule has 1 saturated heterocycles. The van der Waals surface area contributed by atoms with E-state index in [4.69, 9.17) is 9.47 Å². The summed E-state index contributed by atoms with van der Waals surface area (Å²) < 4.78 is 10.3. The molecule has 2 rings (SSSR count). The Morgan fingerprint density at radius 2 is 2.29 bits per heavy atom. The Labute approximate surface area is 100 Å². The minimum absolute atomic E-state index is 0.0339. The van der Waals surface area contributed by atoms with Gasteiger partial charge in [0.25, 0.3) is 0 Å². The molecule has 17 heavy (non-hydrogen) atoms. The van der Waals surface area contributed by atoms with Gasteiger partial charge in [0.1, 0.15) is 12.5 Å². The average molecular weight is 233 g/mol. The van der Waals surface area contributed by atoms with Crippen LogP contribution in [0.2, 0.25) is 0 Å². The van der Waals surface area contributed by atoms with E-state index in [2.05, 4.69) is 0 Å². The molecule has 1 aliphatic heterocycles. The lowest BCUT2D eigenvalue weighted by Crippen LogP contribution is -2.26. The van der Waals surface area contributed by atoms with Crippen LogP contribution in [0, 0.1) is 0 Å². The first-order valence-electron chi connectivity index (χ1n) is 5.49. The summed E-state index contributed by atoms with van der Waals surface area (Å²) in [5.41, 5.74) is 0.892. The van der Waals surface area contributed by atoms with Crippen LogP contribution < -0.4 is 4.74 Å². The third kappa shape index (κ3) is 2.85. The zero-order valence-electron chi connectivity index (χ0n) is 9.76. The fourth-order valence-corrected chi connectivity index (χ4v) is 1.66. The Morgan fingerprint density at radius 1 is 1.47 bits per heavy atom. The van der Waals surface area contributed by atoms with E-state index in [-0.39, 0.29) is 5.91 Å². The smallest absolute Gasteiger partial charge is 0.248 e. The van der Waals surface area contributed by atoms with Crippen LogP contribution in [-0.2, 0) is 9.53 Å². The molecule has 0 unspecified atom stereocenters. The number of ether oxygens (including phenoxy) is 2. The Kier molecular flexibility index (Phi) is 3.77. The van der Waals surface area contributed by atoms with Crippen LogP contribution in [0.3, 0.4) is 0 Å². The van der Waals surface area contributed by atoms with Crippen LogP contribution in [0.4, 0.5) is 0 Å². The van der Waals surface area contributed by atoms with Crippen LogP contribution >= 0.6 is 0 Å². The molecule has 90 valence electrons. The molecule has 0 aliphatic carbocycles.